The lowest BCUT2D eigenvalue weighted by Crippen LogP contribution is -2.56. The summed E-state index contributed by atoms with van der Waals surface area (Å²) in [6.45, 7) is 7.41. The van der Waals surface area contributed by atoms with Crippen molar-refractivity contribution in [3.05, 3.63) is 71.9 Å². The first-order valence-electron chi connectivity index (χ1n) is 10.9. The Labute approximate surface area is 175 Å². The Morgan fingerprint density at radius 3 is 2.17 bits per heavy atom. The maximum absolute atomic E-state index is 13.2. The normalized spacial score (nSPS) is 21.3. The first kappa shape index (κ1) is 19.8. The summed E-state index contributed by atoms with van der Waals surface area (Å²) in [4.78, 5) is 18.1. The van der Waals surface area contributed by atoms with Gasteiger partial charge in [0.05, 0.1) is 6.54 Å². The van der Waals surface area contributed by atoms with Crippen LogP contribution in [0.2, 0.25) is 0 Å². The lowest BCUT2D eigenvalue weighted by Gasteiger charge is -2.51. The summed E-state index contributed by atoms with van der Waals surface area (Å²) in [5.41, 5.74) is 4.63. The second-order valence-corrected chi connectivity index (χ2v) is 9.16. The van der Waals surface area contributed by atoms with Gasteiger partial charge < -0.3 is 9.80 Å². The van der Waals surface area contributed by atoms with Gasteiger partial charge in [-0.3, -0.25) is 4.79 Å². The summed E-state index contributed by atoms with van der Waals surface area (Å²) >= 11 is 0. The second kappa shape index (κ2) is 8.06. The van der Waals surface area contributed by atoms with Crippen LogP contribution in [0.25, 0.3) is 0 Å². The van der Waals surface area contributed by atoms with E-state index in [2.05, 4.69) is 91.2 Å². The van der Waals surface area contributed by atoms with E-state index >= 15 is 0 Å². The van der Waals surface area contributed by atoms with Crippen molar-refractivity contribution >= 4 is 17.2 Å². The number of benzene rings is 2. The fourth-order valence-electron chi connectivity index (χ4n) is 4.80. The van der Waals surface area contributed by atoms with Crippen LogP contribution in [0.1, 0.15) is 52.9 Å². The maximum atomic E-state index is 13.2. The molecule has 0 saturated heterocycles. The van der Waals surface area contributed by atoms with Crippen molar-refractivity contribution in [2.24, 2.45) is 5.41 Å². The van der Waals surface area contributed by atoms with Gasteiger partial charge in [-0.1, -0.05) is 63.6 Å². The number of carbonyl (C=O) groups excluding carboxylic acids is 1. The van der Waals surface area contributed by atoms with Crippen LogP contribution in [-0.4, -0.2) is 18.5 Å². The molecule has 2 aliphatic rings. The second-order valence-electron chi connectivity index (χ2n) is 9.16. The highest BCUT2D eigenvalue weighted by atomic mass is 16.1. The van der Waals surface area contributed by atoms with Crippen molar-refractivity contribution in [3.63, 3.8) is 0 Å². The van der Waals surface area contributed by atoms with E-state index in [0.717, 1.165) is 31.3 Å². The smallest absolute Gasteiger partial charge is 0.162 e. The first-order valence-corrected chi connectivity index (χ1v) is 10.9. The number of allylic oxidation sites excluding steroid dienone is 1. The van der Waals surface area contributed by atoms with Gasteiger partial charge in [0.15, 0.2) is 5.78 Å². The molecule has 1 aliphatic heterocycles. The van der Waals surface area contributed by atoms with Crippen LogP contribution in [0.5, 0.6) is 0 Å². The number of Topliss-reactive ketones (excluding diaryl/α,β-unsaturated/α-hetero) is 1. The largest absolute Gasteiger partial charge is 0.346 e. The highest BCUT2D eigenvalue weighted by Gasteiger charge is 2.42. The van der Waals surface area contributed by atoms with Gasteiger partial charge in [-0.25, -0.2) is 0 Å². The molecule has 0 spiro atoms. The topological polar surface area (TPSA) is 23.6 Å². The van der Waals surface area contributed by atoms with Crippen molar-refractivity contribution in [1.29, 1.82) is 0 Å². The zero-order valence-electron chi connectivity index (χ0n) is 17.9. The lowest BCUT2D eigenvalue weighted by molar-refractivity contribution is -0.118. The third kappa shape index (κ3) is 3.96. The van der Waals surface area contributed by atoms with Crippen molar-refractivity contribution in [2.45, 2.75) is 59.0 Å². The van der Waals surface area contributed by atoms with E-state index in [-0.39, 0.29) is 11.6 Å². The molecule has 4 rings (SSSR count). The summed E-state index contributed by atoms with van der Waals surface area (Å²) in [5.74, 6) is 0.312. The van der Waals surface area contributed by atoms with Crippen molar-refractivity contribution in [3.8, 4) is 0 Å². The monoisotopic (exact) mass is 388 g/mol. The fraction of sp³-hybridized carbons (Fsp3) is 0.423. The third-order valence-corrected chi connectivity index (χ3v) is 6.19. The number of hydrogen-bond donors (Lipinski definition) is 0. The molecule has 2 aromatic carbocycles. The molecule has 0 aromatic heterocycles. The van der Waals surface area contributed by atoms with Gasteiger partial charge in [0.2, 0.25) is 0 Å². The molecule has 1 unspecified atom stereocenters. The summed E-state index contributed by atoms with van der Waals surface area (Å²) in [7, 11) is 0. The average Bonchev–Trinajstić information content (AvgIpc) is 2.72. The van der Waals surface area contributed by atoms with Crippen LogP contribution in [0.4, 0.5) is 11.4 Å². The van der Waals surface area contributed by atoms with Gasteiger partial charge >= 0.3 is 0 Å². The van der Waals surface area contributed by atoms with Gasteiger partial charge in [-0.05, 0) is 48.9 Å². The molecule has 0 bridgehead atoms. The quantitative estimate of drug-likeness (QED) is 0.612. The van der Waals surface area contributed by atoms with Crippen molar-refractivity contribution in [1.82, 2.24) is 0 Å². The summed E-state index contributed by atoms with van der Waals surface area (Å²) in [6, 6.07) is 21.2. The van der Waals surface area contributed by atoms with E-state index in [1.165, 1.54) is 17.1 Å². The first-order chi connectivity index (χ1) is 14.0. The van der Waals surface area contributed by atoms with E-state index in [1.54, 1.807) is 0 Å². The molecule has 1 aliphatic carbocycles. The Hall–Kier alpha value is -2.55. The summed E-state index contributed by atoms with van der Waals surface area (Å²) in [6.07, 6.45) is 5.21. The van der Waals surface area contributed by atoms with Crippen LogP contribution in [0.3, 0.4) is 0 Å². The number of para-hydroxylation sites is 2. The van der Waals surface area contributed by atoms with E-state index in [9.17, 15) is 4.79 Å². The maximum Gasteiger partial charge on any atom is 0.162 e. The van der Waals surface area contributed by atoms with Crippen LogP contribution in [-0.2, 0) is 4.79 Å². The standard InChI is InChI=1S/C26H32N2O/c1-4-5-16-25-27(20-12-8-6-9-13-20)19-22-23(17-26(2,3)18-24(22)29)28(25)21-14-10-7-11-15-21/h6-15,25H,4-5,16-19H2,1-3H3. The number of rotatable bonds is 5. The number of carbonyl (C=O) groups is 1. The Balaban J connectivity index is 1.87. The summed E-state index contributed by atoms with van der Waals surface area (Å²) < 4.78 is 0. The highest BCUT2D eigenvalue weighted by Crippen LogP contribution is 2.44. The van der Waals surface area contributed by atoms with E-state index in [1.807, 2.05) is 0 Å². The van der Waals surface area contributed by atoms with E-state index in [0.29, 0.717) is 18.7 Å². The van der Waals surface area contributed by atoms with Gasteiger partial charge in [-0.2, -0.15) is 0 Å². The number of hydrogen-bond acceptors (Lipinski definition) is 3. The average molecular weight is 389 g/mol. The van der Waals surface area contributed by atoms with Crippen LogP contribution in [0, 0.1) is 5.41 Å². The van der Waals surface area contributed by atoms with E-state index < -0.39 is 0 Å². The molecular weight excluding hydrogens is 356 g/mol. The highest BCUT2D eigenvalue weighted by molar-refractivity contribution is 5.99. The lowest BCUT2D eigenvalue weighted by atomic mass is 9.74. The van der Waals surface area contributed by atoms with Gasteiger partial charge in [0.1, 0.15) is 6.17 Å². The molecule has 0 radical (unpaired) electrons. The SMILES string of the molecule is CCCCC1N(c2ccccc2)CC2=C(CC(C)(C)CC2=O)N1c1ccccc1. The minimum atomic E-state index is 0.00711. The Morgan fingerprint density at radius 1 is 0.931 bits per heavy atom. The number of ketones is 1. The number of anilines is 2. The molecule has 2 aromatic rings. The van der Waals surface area contributed by atoms with Crippen molar-refractivity contribution < 1.29 is 4.79 Å². The predicted octanol–water partition coefficient (Wildman–Crippen LogP) is 6.17. The zero-order valence-corrected chi connectivity index (χ0v) is 17.9. The Kier molecular flexibility index (Phi) is 5.49. The molecule has 1 atom stereocenters. The zero-order chi connectivity index (χ0) is 20.4. The van der Waals surface area contributed by atoms with E-state index in [4.69, 9.17) is 0 Å². The minimum Gasteiger partial charge on any atom is -0.346 e. The van der Waals surface area contributed by atoms with Crippen LogP contribution >= 0.6 is 0 Å². The van der Waals surface area contributed by atoms with Crippen LogP contribution < -0.4 is 9.80 Å². The molecule has 3 heteroatoms. The van der Waals surface area contributed by atoms with Gasteiger partial charge in [-0.15, -0.1) is 0 Å². The molecule has 1 heterocycles. The predicted molar refractivity (Wildman–Crippen MR) is 121 cm³/mol. The molecule has 0 amide bonds. The Bertz CT molecular complexity index is 885. The molecule has 0 saturated carbocycles. The van der Waals surface area contributed by atoms with Crippen LogP contribution in [0.15, 0.2) is 71.9 Å². The molecule has 0 N–H and O–H groups in total. The summed E-state index contributed by atoms with van der Waals surface area (Å²) in [5, 5.41) is 0. The molecule has 3 nitrogen and oxygen atoms in total. The number of nitrogens with zero attached hydrogens (tertiary/aromatic N) is 2. The molecule has 0 fully saturated rings. The Morgan fingerprint density at radius 2 is 1.55 bits per heavy atom. The minimum absolute atomic E-state index is 0.00711. The molecule has 152 valence electrons. The third-order valence-electron chi connectivity index (χ3n) is 6.19. The number of unbranched alkanes of at least 4 members (excludes halogenated alkanes) is 1. The molecular formula is C26H32N2O. The fourth-order valence-corrected chi connectivity index (χ4v) is 4.80. The van der Waals surface area contributed by atoms with Gasteiger partial charge in [0.25, 0.3) is 0 Å². The van der Waals surface area contributed by atoms with Gasteiger partial charge in [0, 0.05) is 29.1 Å². The molecule has 29 heavy (non-hydrogen) atoms. The van der Waals surface area contributed by atoms with Crippen molar-refractivity contribution in [2.75, 3.05) is 16.3 Å².